The first-order valence-corrected chi connectivity index (χ1v) is 6.43. The zero-order chi connectivity index (χ0) is 13.8. The van der Waals surface area contributed by atoms with Crippen LogP contribution < -0.4 is 20.5 Å². The van der Waals surface area contributed by atoms with Gasteiger partial charge < -0.3 is 20.5 Å². The lowest BCUT2D eigenvalue weighted by molar-refractivity contribution is 0.0929. The van der Waals surface area contributed by atoms with E-state index < -0.39 is 0 Å². The Morgan fingerprint density at radius 3 is 2.68 bits per heavy atom. The van der Waals surface area contributed by atoms with Crippen LogP contribution in [0.1, 0.15) is 23.2 Å². The van der Waals surface area contributed by atoms with E-state index in [1.807, 2.05) is 0 Å². The molecule has 1 saturated carbocycles. The molecule has 0 aromatic heterocycles. The lowest BCUT2D eigenvalue weighted by atomic mass is 10.1. The molecule has 5 heteroatoms. The fraction of sp³-hybridized carbons (Fsp3) is 0.500. The van der Waals surface area contributed by atoms with Crippen LogP contribution >= 0.6 is 0 Å². The van der Waals surface area contributed by atoms with Gasteiger partial charge in [0.15, 0.2) is 11.5 Å². The first-order chi connectivity index (χ1) is 9.21. The minimum atomic E-state index is -0.168. The molecule has 0 heterocycles. The molecule has 0 radical (unpaired) electrons. The van der Waals surface area contributed by atoms with E-state index in [0.717, 1.165) is 12.8 Å². The minimum Gasteiger partial charge on any atom is -0.493 e. The van der Waals surface area contributed by atoms with Crippen LogP contribution in [0.25, 0.3) is 0 Å². The van der Waals surface area contributed by atoms with Gasteiger partial charge in [-0.1, -0.05) is 6.07 Å². The Kier molecular flexibility index (Phi) is 4.27. The van der Waals surface area contributed by atoms with Crippen molar-refractivity contribution in [3.8, 4) is 11.5 Å². The summed E-state index contributed by atoms with van der Waals surface area (Å²) in [7, 11) is 3.07. The maximum Gasteiger partial charge on any atom is 0.255 e. The normalized spacial score (nSPS) is 15.7. The Balaban J connectivity index is 2.18. The second-order valence-electron chi connectivity index (χ2n) is 4.69. The summed E-state index contributed by atoms with van der Waals surface area (Å²) in [6.07, 6.45) is 2.27. The summed E-state index contributed by atoms with van der Waals surface area (Å²) >= 11 is 0. The predicted octanol–water partition coefficient (Wildman–Crippen LogP) is 1.17. The molecule has 1 aliphatic rings. The van der Waals surface area contributed by atoms with Gasteiger partial charge in [-0.25, -0.2) is 0 Å². The Hall–Kier alpha value is -1.75. The van der Waals surface area contributed by atoms with Crippen molar-refractivity contribution < 1.29 is 14.3 Å². The summed E-state index contributed by atoms with van der Waals surface area (Å²) < 4.78 is 10.5. The topological polar surface area (TPSA) is 73.6 Å². The van der Waals surface area contributed by atoms with E-state index in [2.05, 4.69) is 5.32 Å². The quantitative estimate of drug-likeness (QED) is 0.809. The van der Waals surface area contributed by atoms with Crippen molar-refractivity contribution in [2.24, 2.45) is 11.7 Å². The van der Waals surface area contributed by atoms with Gasteiger partial charge in [-0.3, -0.25) is 4.79 Å². The fourth-order valence-electron chi connectivity index (χ4n) is 2.18. The molecule has 2 rings (SSSR count). The third kappa shape index (κ3) is 2.98. The molecule has 1 unspecified atom stereocenters. The van der Waals surface area contributed by atoms with Crippen molar-refractivity contribution in [1.82, 2.24) is 5.32 Å². The standard InChI is InChI=1S/C14H20N2O3/c1-18-12-5-3-4-10(13(12)19-2)14(17)16-11(8-15)9-6-7-9/h3-5,9,11H,6-8,15H2,1-2H3,(H,16,17). The van der Waals surface area contributed by atoms with E-state index in [1.165, 1.54) is 7.11 Å². The predicted molar refractivity (Wildman–Crippen MR) is 72.6 cm³/mol. The van der Waals surface area contributed by atoms with E-state index in [1.54, 1.807) is 25.3 Å². The van der Waals surface area contributed by atoms with Gasteiger partial charge >= 0.3 is 0 Å². The summed E-state index contributed by atoms with van der Waals surface area (Å²) in [5.41, 5.74) is 6.17. The van der Waals surface area contributed by atoms with Gasteiger partial charge in [0.25, 0.3) is 5.91 Å². The molecule has 1 aromatic carbocycles. The minimum absolute atomic E-state index is 0.0448. The van der Waals surface area contributed by atoms with Crippen molar-refractivity contribution in [3.63, 3.8) is 0 Å². The summed E-state index contributed by atoms with van der Waals surface area (Å²) in [6.45, 7) is 0.461. The van der Waals surface area contributed by atoms with Crippen LogP contribution in [0.2, 0.25) is 0 Å². The number of carbonyl (C=O) groups excluding carboxylic acids is 1. The number of nitrogens with one attached hydrogen (secondary N) is 1. The zero-order valence-corrected chi connectivity index (χ0v) is 11.3. The molecule has 104 valence electrons. The number of methoxy groups -OCH3 is 2. The second-order valence-corrected chi connectivity index (χ2v) is 4.69. The van der Waals surface area contributed by atoms with Gasteiger partial charge in [0, 0.05) is 12.6 Å². The summed E-state index contributed by atoms with van der Waals surface area (Å²) in [5.74, 6) is 1.35. The second kappa shape index (κ2) is 5.93. The van der Waals surface area contributed by atoms with Crippen LogP contribution in [0, 0.1) is 5.92 Å². The molecule has 0 spiro atoms. The molecule has 3 N–H and O–H groups in total. The van der Waals surface area contributed by atoms with E-state index in [-0.39, 0.29) is 11.9 Å². The van der Waals surface area contributed by atoms with Crippen LogP contribution in [0.4, 0.5) is 0 Å². The molecule has 19 heavy (non-hydrogen) atoms. The fourth-order valence-corrected chi connectivity index (χ4v) is 2.18. The SMILES string of the molecule is COc1cccc(C(=O)NC(CN)C2CC2)c1OC. The van der Waals surface area contributed by atoms with Crippen LogP contribution in [-0.2, 0) is 0 Å². The van der Waals surface area contributed by atoms with E-state index in [4.69, 9.17) is 15.2 Å². The lowest BCUT2D eigenvalue weighted by Gasteiger charge is -2.18. The van der Waals surface area contributed by atoms with Gasteiger partial charge in [-0.2, -0.15) is 0 Å². The van der Waals surface area contributed by atoms with Crippen LogP contribution in [0.3, 0.4) is 0 Å². The van der Waals surface area contributed by atoms with E-state index in [0.29, 0.717) is 29.5 Å². The number of hydrogen-bond donors (Lipinski definition) is 2. The third-order valence-electron chi connectivity index (χ3n) is 3.41. The summed E-state index contributed by atoms with van der Waals surface area (Å²) in [6, 6.07) is 5.29. The molecule has 5 nitrogen and oxygen atoms in total. The smallest absolute Gasteiger partial charge is 0.255 e. The molecule has 1 amide bonds. The van der Waals surface area contributed by atoms with Gasteiger partial charge in [-0.05, 0) is 30.9 Å². The highest BCUT2D eigenvalue weighted by atomic mass is 16.5. The van der Waals surface area contributed by atoms with Gasteiger partial charge in [-0.15, -0.1) is 0 Å². The highest BCUT2D eigenvalue weighted by molar-refractivity contribution is 5.98. The molecule has 1 fully saturated rings. The van der Waals surface area contributed by atoms with Crippen LogP contribution in [0.15, 0.2) is 18.2 Å². The van der Waals surface area contributed by atoms with Gasteiger partial charge in [0.2, 0.25) is 0 Å². The van der Waals surface area contributed by atoms with Crippen LogP contribution in [-0.4, -0.2) is 32.7 Å². The number of hydrogen-bond acceptors (Lipinski definition) is 4. The van der Waals surface area contributed by atoms with E-state index >= 15 is 0 Å². The summed E-state index contributed by atoms with van der Waals surface area (Å²) in [5, 5.41) is 2.97. The van der Waals surface area contributed by atoms with Gasteiger partial charge in [0.05, 0.1) is 19.8 Å². The number of nitrogens with two attached hydrogens (primary N) is 1. The lowest BCUT2D eigenvalue weighted by Crippen LogP contribution is -2.41. The maximum absolute atomic E-state index is 12.3. The van der Waals surface area contributed by atoms with Crippen molar-refractivity contribution in [2.45, 2.75) is 18.9 Å². The molecular weight excluding hydrogens is 244 g/mol. The first-order valence-electron chi connectivity index (χ1n) is 6.43. The number of rotatable bonds is 6. The number of para-hydroxylation sites is 1. The number of ether oxygens (including phenoxy) is 2. The molecule has 1 aromatic rings. The molecular formula is C14H20N2O3. The Morgan fingerprint density at radius 1 is 1.42 bits per heavy atom. The molecule has 0 bridgehead atoms. The van der Waals surface area contributed by atoms with Crippen molar-refractivity contribution in [3.05, 3.63) is 23.8 Å². The Labute approximate surface area is 113 Å². The first kappa shape index (κ1) is 13.7. The maximum atomic E-state index is 12.3. The average molecular weight is 264 g/mol. The monoisotopic (exact) mass is 264 g/mol. The Bertz CT molecular complexity index is 458. The number of benzene rings is 1. The molecule has 1 atom stereocenters. The molecule has 1 aliphatic carbocycles. The number of carbonyl (C=O) groups is 1. The van der Waals surface area contributed by atoms with E-state index in [9.17, 15) is 4.79 Å². The van der Waals surface area contributed by atoms with Crippen molar-refractivity contribution in [1.29, 1.82) is 0 Å². The van der Waals surface area contributed by atoms with Crippen LogP contribution in [0.5, 0.6) is 11.5 Å². The van der Waals surface area contributed by atoms with Gasteiger partial charge in [0.1, 0.15) is 0 Å². The summed E-state index contributed by atoms with van der Waals surface area (Å²) in [4.78, 5) is 12.3. The highest BCUT2D eigenvalue weighted by Crippen LogP contribution is 2.33. The Morgan fingerprint density at radius 2 is 2.16 bits per heavy atom. The largest absolute Gasteiger partial charge is 0.493 e. The zero-order valence-electron chi connectivity index (χ0n) is 11.3. The third-order valence-corrected chi connectivity index (χ3v) is 3.41. The van der Waals surface area contributed by atoms with Crippen molar-refractivity contribution >= 4 is 5.91 Å². The average Bonchev–Trinajstić information content (AvgIpc) is 3.27. The van der Waals surface area contributed by atoms with Crippen molar-refractivity contribution in [2.75, 3.05) is 20.8 Å². The molecule has 0 saturated heterocycles. The number of amides is 1. The molecule has 0 aliphatic heterocycles. The highest BCUT2D eigenvalue weighted by Gasteiger charge is 2.32.